The van der Waals surface area contributed by atoms with Gasteiger partial charge in [0, 0.05) is 18.0 Å². The first kappa shape index (κ1) is 16.9. The minimum Gasteiger partial charge on any atom is -0.454 e. The predicted octanol–water partition coefficient (Wildman–Crippen LogP) is 4.32. The van der Waals surface area contributed by atoms with Gasteiger partial charge < -0.3 is 15.5 Å². The molecule has 0 aliphatic carbocycles. The van der Waals surface area contributed by atoms with Crippen molar-refractivity contribution in [1.29, 1.82) is 0 Å². The second kappa shape index (κ2) is 6.75. The first-order chi connectivity index (χ1) is 14.2. The van der Waals surface area contributed by atoms with Crippen LogP contribution in [-0.4, -0.2) is 24.7 Å². The van der Waals surface area contributed by atoms with Crippen molar-refractivity contribution in [2.75, 3.05) is 5.73 Å². The van der Waals surface area contributed by atoms with Gasteiger partial charge in [0.05, 0.1) is 11.1 Å². The highest BCUT2D eigenvalue weighted by Gasteiger charge is 2.19. The van der Waals surface area contributed by atoms with Crippen LogP contribution in [0.15, 0.2) is 73.3 Å². The number of aromatic amines is 1. The van der Waals surface area contributed by atoms with Crippen molar-refractivity contribution in [2.45, 2.75) is 0 Å². The van der Waals surface area contributed by atoms with E-state index in [1.54, 1.807) is 41.3 Å². The van der Waals surface area contributed by atoms with Crippen molar-refractivity contribution >= 4 is 16.9 Å². The molecule has 0 unspecified atom stereocenters. The highest BCUT2D eigenvalue weighted by Crippen LogP contribution is 2.34. The van der Waals surface area contributed by atoms with Gasteiger partial charge in [0.15, 0.2) is 17.2 Å². The molecule has 0 aliphatic heterocycles. The molecular weight excluding hydrogens is 371 g/mol. The number of benzene rings is 2. The van der Waals surface area contributed by atoms with Crippen LogP contribution in [0.5, 0.6) is 11.5 Å². The molecule has 0 aliphatic rings. The lowest BCUT2D eigenvalue weighted by atomic mass is 10.1. The quantitative estimate of drug-likeness (QED) is 0.480. The maximum atomic E-state index is 14.8. The number of halogens is 1. The van der Waals surface area contributed by atoms with Gasteiger partial charge in [-0.3, -0.25) is 0 Å². The summed E-state index contributed by atoms with van der Waals surface area (Å²) in [5.74, 6) is 0.445. The molecule has 7 nitrogen and oxygen atoms in total. The SMILES string of the molecule is Nc1ncnc2c1c(-c1ccc(Oc3ccccc3)c(F)c1)nn2-c1cc[nH]c1. The van der Waals surface area contributed by atoms with Crippen LogP contribution < -0.4 is 10.5 Å². The Bertz CT molecular complexity index is 1300. The van der Waals surface area contributed by atoms with Gasteiger partial charge in [0.2, 0.25) is 0 Å². The lowest BCUT2D eigenvalue weighted by Crippen LogP contribution is -1.97. The highest BCUT2D eigenvalue weighted by atomic mass is 19.1. The van der Waals surface area contributed by atoms with Gasteiger partial charge in [0.1, 0.15) is 23.6 Å². The van der Waals surface area contributed by atoms with Gasteiger partial charge in [-0.25, -0.2) is 19.0 Å². The first-order valence-electron chi connectivity index (χ1n) is 8.86. The average Bonchev–Trinajstić information content (AvgIpc) is 3.39. The Balaban J connectivity index is 1.62. The molecule has 8 heteroatoms. The number of hydrogen-bond acceptors (Lipinski definition) is 5. The van der Waals surface area contributed by atoms with Crippen molar-refractivity contribution in [3.8, 4) is 28.4 Å². The Labute approximate surface area is 164 Å². The van der Waals surface area contributed by atoms with Gasteiger partial charge in [0.25, 0.3) is 0 Å². The molecule has 3 N–H and O–H groups in total. The zero-order chi connectivity index (χ0) is 19.8. The van der Waals surface area contributed by atoms with E-state index in [2.05, 4.69) is 20.1 Å². The molecule has 29 heavy (non-hydrogen) atoms. The molecule has 0 bridgehead atoms. The summed E-state index contributed by atoms with van der Waals surface area (Å²) < 4.78 is 22.0. The largest absolute Gasteiger partial charge is 0.454 e. The number of H-pyrrole nitrogens is 1. The number of rotatable bonds is 4. The number of anilines is 1. The lowest BCUT2D eigenvalue weighted by molar-refractivity contribution is 0.442. The minimum absolute atomic E-state index is 0.124. The number of nitrogen functional groups attached to an aromatic ring is 1. The van der Waals surface area contributed by atoms with Crippen LogP contribution in [0, 0.1) is 5.82 Å². The molecule has 0 spiro atoms. The molecule has 5 rings (SSSR count). The number of para-hydroxylation sites is 1. The molecule has 0 saturated carbocycles. The zero-order valence-electron chi connectivity index (χ0n) is 15.1. The Morgan fingerprint density at radius 2 is 1.90 bits per heavy atom. The van der Waals surface area contributed by atoms with Gasteiger partial charge in [-0.2, -0.15) is 5.10 Å². The summed E-state index contributed by atoms with van der Waals surface area (Å²) in [6.07, 6.45) is 4.94. The van der Waals surface area contributed by atoms with Crippen LogP contribution in [-0.2, 0) is 0 Å². The van der Waals surface area contributed by atoms with Crippen LogP contribution in [0.2, 0.25) is 0 Å². The Hall–Kier alpha value is -4.20. The zero-order valence-corrected chi connectivity index (χ0v) is 15.1. The molecule has 0 radical (unpaired) electrons. The van der Waals surface area contributed by atoms with Gasteiger partial charge in [-0.1, -0.05) is 18.2 Å². The van der Waals surface area contributed by atoms with Crippen LogP contribution in [0.25, 0.3) is 28.0 Å². The second-order valence-corrected chi connectivity index (χ2v) is 6.35. The van der Waals surface area contributed by atoms with Gasteiger partial charge in [-0.15, -0.1) is 0 Å². The number of ether oxygens (including phenoxy) is 1. The van der Waals surface area contributed by atoms with E-state index in [0.717, 1.165) is 5.69 Å². The third-order valence-electron chi connectivity index (χ3n) is 4.50. The molecule has 3 aromatic heterocycles. The summed E-state index contributed by atoms with van der Waals surface area (Å²) in [7, 11) is 0. The fraction of sp³-hybridized carbons (Fsp3) is 0. The smallest absolute Gasteiger partial charge is 0.169 e. The predicted molar refractivity (Wildman–Crippen MR) is 107 cm³/mol. The van der Waals surface area contributed by atoms with E-state index >= 15 is 0 Å². The summed E-state index contributed by atoms with van der Waals surface area (Å²) >= 11 is 0. The number of aromatic nitrogens is 5. The number of nitrogens with one attached hydrogen (secondary N) is 1. The van der Waals surface area contributed by atoms with Crippen molar-refractivity contribution < 1.29 is 9.13 Å². The van der Waals surface area contributed by atoms with Crippen molar-refractivity contribution in [3.63, 3.8) is 0 Å². The summed E-state index contributed by atoms with van der Waals surface area (Å²) in [6, 6.07) is 15.6. The van der Waals surface area contributed by atoms with E-state index in [0.29, 0.717) is 28.0 Å². The molecule has 0 saturated heterocycles. The summed E-state index contributed by atoms with van der Waals surface area (Å²) in [4.78, 5) is 11.4. The van der Waals surface area contributed by atoms with Crippen LogP contribution in [0.3, 0.4) is 0 Å². The molecule has 142 valence electrons. The molecule has 3 heterocycles. The fourth-order valence-corrected chi connectivity index (χ4v) is 3.15. The number of nitrogens with two attached hydrogens (primary N) is 1. The first-order valence-corrected chi connectivity index (χ1v) is 8.86. The lowest BCUT2D eigenvalue weighted by Gasteiger charge is -2.08. The van der Waals surface area contributed by atoms with E-state index in [1.807, 2.05) is 24.3 Å². The third-order valence-corrected chi connectivity index (χ3v) is 4.50. The maximum absolute atomic E-state index is 14.8. The van der Waals surface area contributed by atoms with E-state index in [-0.39, 0.29) is 11.6 Å². The summed E-state index contributed by atoms with van der Waals surface area (Å²) in [5, 5.41) is 5.18. The van der Waals surface area contributed by atoms with E-state index in [9.17, 15) is 4.39 Å². The van der Waals surface area contributed by atoms with Crippen molar-refractivity contribution in [2.24, 2.45) is 0 Å². The molecule has 0 amide bonds. The standard InChI is InChI=1S/C21H15FN6O/c22-16-10-13(6-7-17(16)29-15-4-2-1-3-5-15)19-18-20(23)25-12-26-21(18)28(27-19)14-8-9-24-11-14/h1-12,24H,(H2,23,25,26). The number of nitrogens with zero attached hydrogens (tertiary/aromatic N) is 4. The van der Waals surface area contributed by atoms with Crippen molar-refractivity contribution in [3.05, 3.63) is 79.1 Å². The fourth-order valence-electron chi connectivity index (χ4n) is 3.15. The Morgan fingerprint density at radius 3 is 2.66 bits per heavy atom. The van der Waals surface area contributed by atoms with Crippen LogP contribution in [0.4, 0.5) is 10.2 Å². The maximum Gasteiger partial charge on any atom is 0.169 e. The van der Waals surface area contributed by atoms with Crippen LogP contribution >= 0.6 is 0 Å². The van der Waals surface area contributed by atoms with Crippen LogP contribution in [0.1, 0.15) is 0 Å². The molecule has 0 atom stereocenters. The summed E-state index contributed by atoms with van der Waals surface area (Å²) in [6.45, 7) is 0. The Kier molecular flexibility index (Phi) is 3.94. The number of hydrogen-bond donors (Lipinski definition) is 2. The minimum atomic E-state index is -0.508. The normalized spacial score (nSPS) is 11.1. The van der Waals surface area contributed by atoms with E-state index < -0.39 is 5.82 Å². The monoisotopic (exact) mass is 386 g/mol. The number of fused-ring (bicyclic) bond motifs is 1. The second-order valence-electron chi connectivity index (χ2n) is 6.35. The Morgan fingerprint density at radius 1 is 1.03 bits per heavy atom. The van der Waals surface area contributed by atoms with Gasteiger partial charge in [-0.05, 0) is 36.4 Å². The highest BCUT2D eigenvalue weighted by molar-refractivity contribution is 5.98. The van der Waals surface area contributed by atoms with Crippen molar-refractivity contribution in [1.82, 2.24) is 24.7 Å². The molecule has 0 fully saturated rings. The molecule has 2 aromatic carbocycles. The van der Waals surface area contributed by atoms with E-state index in [1.165, 1.54) is 12.4 Å². The summed E-state index contributed by atoms with van der Waals surface area (Å²) in [5.41, 5.74) is 8.46. The average molecular weight is 386 g/mol. The molecular formula is C21H15FN6O. The molecule has 5 aromatic rings. The van der Waals surface area contributed by atoms with E-state index in [4.69, 9.17) is 10.5 Å². The topological polar surface area (TPSA) is 94.6 Å². The third kappa shape index (κ3) is 2.96. The van der Waals surface area contributed by atoms with Gasteiger partial charge >= 0.3 is 0 Å².